The number of allylic oxidation sites excluding steroid dienone is 1. The van der Waals surface area contributed by atoms with E-state index in [1.807, 2.05) is 0 Å². The topological polar surface area (TPSA) is 80.6 Å². The van der Waals surface area contributed by atoms with Crippen molar-refractivity contribution in [2.75, 3.05) is 0 Å². The molecule has 0 unspecified atom stereocenters. The molecular formula is C14H13N3O3. The third-order valence-corrected chi connectivity index (χ3v) is 3.10. The van der Waals surface area contributed by atoms with Crippen LogP contribution in [0.5, 0.6) is 5.88 Å². The monoisotopic (exact) mass is 271 g/mol. The third kappa shape index (κ3) is 1.85. The summed E-state index contributed by atoms with van der Waals surface area (Å²) in [6.45, 7) is 3.59. The largest absolute Gasteiger partial charge is 0.492 e. The van der Waals surface area contributed by atoms with Crippen molar-refractivity contribution < 1.29 is 9.52 Å². The van der Waals surface area contributed by atoms with Crippen LogP contribution in [0.15, 0.2) is 32.7 Å². The Bertz CT molecular complexity index is 781. The zero-order valence-corrected chi connectivity index (χ0v) is 11.1. The Labute approximate surface area is 114 Å². The van der Waals surface area contributed by atoms with Gasteiger partial charge in [-0.1, -0.05) is 0 Å². The Morgan fingerprint density at radius 1 is 1.45 bits per heavy atom. The summed E-state index contributed by atoms with van der Waals surface area (Å²) in [4.78, 5) is 20.0. The molecule has 1 N–H and O–H groups in total. The molecule has 20 heavy (non-hydrogen) atoms. The van der Waals surface area contributed by atoms with Crippen LogP contribution < -0.4 is 5.76 Å². The quantitative estimate of drug-likeness (QED) is 0.909. The molecule has 3 heterocycles. The van der Waals surface area contributed by atoms with E-state index in [1.165, 1.54) is 4.57 Å². The SMILES string of the molecule is CC(C)n1c(O)c(C=C2C=Nc3ccncc32)oc1=O. The summed E-state index contributed by atoms with van der Waals surface area (Å²) >= 11 is 0. The third-order valence-electron chi connectivity index (χ3n) is 3.10. The molecule has 0 saturated carbocycles. The number of oxazole rings is 1. The van der Waals surface area contributed by atoms with Gasteiger partial charge in [0, 0.05) is 35.8 Å². The second-order valence-corrected chi connectivity index (χ2v) is 4.77. The molecule has 3 rings (SSSR count). The molecule has 0 aliphatic carbocycles. The van der Waals surface area contributed by atoms with Crippen molar-refractivity contribution >= 4 is 23.6 Å². The van der Waals surface area contributed by atoms with Gasteiger partial charge >= 0.3 is 5.76 Å². The Morgan fingerprint density at radius 2 is 2.25 bits per heavy atom. The molecule has 2 aromatic heterocycles. The molecule has 0 bridgehead atoms. The summed E-state index contributed by atoms with van der Waals surface area (Å²) in [6, 6.07) is 1.62. The van der Waals surface area contributed by atoms with Crippen LogP contribution in [0.1, 0.15) is 31.2 Å². The van der Waals surface area contributed by atoms with Crippen molar-refractivity contribution in [3.63, 3.8) is 0 Å². The van der Waals surface area contributed by atoms with E-state index in [0.717, 1.165) is 16.8 Å². The number of nitrogens with zero attached hydrogens (tertiary/aromatic N) is 3. The summed E-state index contributed by atoms with van der Waals surface area (Å²) in [7, 11) is 0. The molecule has 0 saturated heterocycles. The lowest BCUT2D eigenvalue weighted by atomic mass is 10.1. The first kappa shape index (κ1) is 12.4. The minimum atomic E-state index is -0.578. The molecule has 102 valence electrons. The van der Waals surface area contributed by atoms with Crippen LogP contribution in [0.25, 0.3) is 11.6 Å². The number of hydrogen-bond acceptors (Lipinski definition) is 5. The molecule has 0 radical (unpaired) electrons. The predicted octanol–water partition coefficient (Wildman–Crippen LogP) is 2.38. The van der Waals surface area contributed by atoms with Gasteiger partial charge in [0.1, 0.15) is 0 Å². The summed E-state index contributed by atoms with van der Waals surface area (Å²) < 4.78 is 6.28. The van der Waals surface area contributed by atoms with E-state index in [4.69, 9.17) is 4.42 Å². The van der Waals surface area contributed by atoms with Gasteiger partial charge in [0.15, 0.2) is 5.76 Å². The first-order chi connectivity index (χ1) is 9.58. The second kappa shape index (κ2) is 4.48. The van der Waals surface area contributed by atoms with Gasteiger partial charge in [-0.2, -0.15) is 0 Å². The minimum absolute atomic E-state index is 0.127. The molecule has 0 spiro atoms. The van der Waals surface area contributed by atoms with Crippen LogP contribution in [-0.2, 0) is 0 Å². The van der Waals surface area contributed by atoms with Gasteiger partial charge in [-0.05, 0) is 26.0 Å². The lowest BCUT2D eigenvalue weighted by Crippen LogP contribution is -2.15. The lowest BCUT2D eigenvalue weighted by Gasteiger charge is -2.04. The van der Waals surface area contributed by atoms with Gasteiger partial charge < -0.3 is 9.52 Å². The number of rotatable bonds is 2. The molecule has 2 aromatic rings. The highest BCUT2D eigenvalue weighted by Crippen LogP contribution is 2.33. The van der Waals surface area contributed by atoms with E-state index >= 15 is 0 Å². The van der Waals surface area contributed by atoms with Gasteiger partial charge in [0.25, 0.3) is 0 Å². The fraction of sp³-hybridized carbons (Fsp3) is 0.214. The summed E-state index contributed by atoms with van der Waals surface area (Å²) in [5.41, 5.74) is 2.39. The molecule has 0 atom stereocenters. The zero-order chi connectivity index (χ0) is 14.3. The van der Waals surface area contributed by atoms with E-state index in [1.54, 1.807) is 44.6 Å². The molecule has 0 amide bonds. The van der Waals surface area contributed by atoms with E-state index in [0.29, 0.717) is 0 Å². The molecule has 0 fully saturated rings. The maximum absolute atomic E-state index is 11.7. The number of hydrogen-bond donors (Lipinski definition) is 1. The van der Waals surface area contributed by atoms with E-state index in [2.05, 4.69) is 9.98 Å². The van der Waals surface area contributed by atoms with Crippen molar-refractivity contribution in [1.29, 1.82) is 0 Å². The van der Waals surface area contributed by atoms with Crippen LogP contribution >= 0.6 is 0 Å². The smallest absolute Gasteiger partial charge is 0.422 e. The summed E-state index contributed by atoms with van der Waals surface area (Å²) in [5, 5.41) is 10.1. The van der Waals surface area contributed by atoms with Crippen molar-refractivity contribution in [2.45, 2.75) is 19.9 Å². The summed E-state index contributed by atoms with van der Waals surface area (Å²) in [5.74, 6) is -0.629. The zero-order valence-electron chi connectivity index (χ0n) is 11.1. The first-order valence-electron chi connectivity index (χ1n) is 6.22. The molecular weight excluding hydrogens is 258 g/mol. The highest BCUT2D eigenvalue weighted by Gasteiger charge is 2.19. The number of pyridine rings is 1. The van der Waals surface area contributed by atoms with Crippen LogP contribution in [0.2, 0.25) is 0 Å². The molecule has 1 aliphatic rings. The number of fused-ring (bicyclic) bond motifs is 1. The van der Waals surface area contributed by atoms with E-state index in [-0.39, 0.29) is 17.7 Å². The van der Waals surface area contributed by atoms with Gasteiger partial charge in [-0.15, -0.1) is 0 Å². The van der Waals surface area contributed by atoms with E-state index < -0.39 is 5.76 Å². The van der Waals surface area contributed by atoms with E-state index in [9.17, 15) is 9.90 Å². The highest BCUT2D eigenvalue weighted by atomic mass is 16.4. The Kier molecular flexibility index (Phi) is 2.78. The van der Waals surface area contributed by atoms with Crippen molar-refractivity contribution in [2.24, 2.45) is 4.99 Å². The van der Waals surface area contributed by atoms with Crippen molar-refractivity contribution in [3.8, 4) is 5.88 Å². The Balaban J connectivity index is 2.10. The number of aliphatic imine (C=N–C) groups is 1. The Hall–Kier alpha value is -2.63. The average molecular weight is 271 g/mol. The fourth-order valence-corrected chi connectivity index (χ4v) is 2.13. The van der Waals surface area contributed by atoms with Crippen LogP contribution in [0, 0.1) is 0 Å². The first-order valence-corrected chi connectivity index (χ1v) is 6.22. The average Bonchev–Trinajstić information content (AvgIpc) is 2.93. The molecule has 6 heteroatoms. The van der Waals surface area contributed by atoms with Gasteiger partial charge in [0.2, 0.25) is 5.88 Å². The highest BCUT2D eigenvalue weighted by molar-refractivity contribution is 6.21. The predicted molar refractivity (Wildman–Crippen MR) is 75.3 cm³/mol. The molecule has 6 nitrogen and oxygen atoms in total. The normalized spacial score (nSPS) is 15.2. The molecule has 1 aliphatic heterocycles. The fourth-order valence-electron chi connectivity index (χ4n) is 2.13. The van der Waals surface area contributed by atoms with Crippen molar-refractivity contribution in [3.05, 3.63) is 40.3 Å². The van der Waals surface area contributed by atoms with Gasteiger partial charge in [0.05, 0.1) is 5.69 Å². The maximum Gasteiger partial charge on any atom is 0.422 e. The minimum Gasteiger partial charge on any atom is -0.492 e. The van der Waals surface area contributed by atoms with Crippen LogP contribution in [-0.4, -0.2) is 20.9 Å². The number of aromatic hydroxyl groups is 1. The summed E-state index contributed by atoms with van der Waals surface area (Å²) in [6.07, 6.45) is 6.58. The lowest BCUT2D eigenvalue weighted by molar-refractivity contribution is 0.392. The van der Waals surface area contributed by atoms with Gasteiger partial charge in [-0.3, -0.25) is 9.98 Å². The van der Waals surface area contributed by atoms with Crippen LogP contribution in [0.3, 0.4) is 0 Å². The van der Waals surface area contributed by atoms with Crippen molar-refractivity contribution in [1.82, 2.24) is 9.55 Å². The standard InChI is InChI=1S/C14H13N3O3/c1-8(2)17-13(18)12(20-14(17)19)5-9-6-16-11-3-4-15-7-10(9)11/h3-8,18H,1-2H3. The molecule has 0 aromatic carbocycles. The number of aromatic nitrogens is 2. The second-order valence-electron chi connectivity index (χ2n) is 4.77. The Morgan fingerprint density at radius 3 is 2.95 bits per heavy atom. The maximum atomic E-state index is 11.7. The van der Waals surface area contributed by atoms with Gasteiger partial charge in [-0.25, -0.2) is 9.36 Å². The van der Waals surface area contributed by atoms with Crippen LogP contribution in [0.4, 0.5) is 5.69 Å².